The molecule has 0 atom stereocenters. The van der Waals surface area contributed by atoms with Crippen LogP contribution >= 0.6 is 0 Å². The molecule has 0 bridgehead atoms. The van der Waals surface area contributed by atoms with Crippen molar-refractivity contribution in [3.63, 3.8) is 0 Å². The molecule has 0 spiro atoms. The highest BCUT2D eigenvalue weighted by atomic mass is 16.6. The molecule has 0 saturated heterocycles. The predicted molar refractivity (Wildman–Crippen MR) is 97.4 cm³/mol. The van der Waals surface area contributed by atoms with E-state index in [1.807, 2.05) is 39.0 Å². The molecule has 0 radical (unpaired) electrons. The van der Waals surface area contributed by atoms with E-state index in [-0.39, 0.29) is 25.2 Å². The van der Waals surface area contributed by atoms with Gasteiger partial charge in [-0.25, -0.2) is 9.78 Å². The molecule has 0 aliphatic heterocycles. The van der Waals surface area contributed by atoms with Gasteiger partial charge in [0.25, 0.3) is 0 Å². The average molecular weight is 357 g/mol. The van der Waals surface area contributed by atoms with Gasteiger partial charge in [-0.1, -0.05) is 12.1 Å². The summed E-state index contributed by atoms with van der Waals surface area (Å²) in [5, 5.41) is 0. The predicted octanol–water partition coefficient (Wildman–Crippen LogP) is 3.40. The van der Waals surface area contributed by atoms with Crippen LogP contribution in [0, 0.1) is 20.8 Å². The molecule has 6 heteroatoms. The molecule has 0 amide bonds. The van der Waals surface area contributed by atoms with Crippen molar-refractivity contribution in [2.24, 2.45) is 0 Å². The quantitative estimate of drug-likeness (QED) is 0.583. The summed E-state index contributed by atoms with van der Waals surface area (Å²) in [5.74, 6) is -0.206. The van der Waals surface area contributed by atoms with Gasteiger partial charge in [0.2, 0.25) is 5.88 Å². The Morgan fingerprint density at radius 3 is 2.46 bits per heavy atom. The Morgan fingerprint density at radius 2 is 1.81 bits per heavy atom. The molecule has 1 aromatic heterocycles. The number of carbonyl (C=O) groups is 2. The van der Waals surface area contributed by atoms with Gasteiger partial charge in [0.15, 0.2) is 0 Å². The third kappa shape index (κ3) is 4.39. The molecule has 2 aromatic rings. The number of rotatable bonds is 6. The van der Waals surface area contributed by atoms with E-state index in [0.29, 0.717) is 11.4 Å². The van der Waals surface area contributed by atoms with Crippen molar-refractivity contribution in [2.45, 2.75) is 27.7 Å². The summed E-state index contributed by atoms with van der Waals surface area (Å²) in [7, 11) is 1.37. The molecular formula is C20H23NO5. The fraction of sp³-hybridized carbons (Fsp3) is 0.350. The highest BCUT2D eigenvalue weighted by molar-refractivity contribution is 5.93. The number of hydrogen-bond acceptors (Lipinski definition) is 6. The van der Waals surface area contributed by atoms with E-state index in [9.17, 15) is 9.59 Å². The molecule has 0 saturated carbocycles. The van der Waals surface area contributed by atoms with E-state index in [1.54, 1.807) is 6.07 Å². The highest BCUT2D eigenvalue weighted by Crippen LogP contribution is 2.31. The van der Waals surface area contributed by atoms with Crippen LogP contribution < -0.4 is 4.74 Å². The lowest BCUT2D eigenvalue weighted by atomic mass is 9.95. The van der Waals surface area contributed by atoms with Crippen LogP contribution in [0.25, 0.3) is 11.1 Å². The van der Waals surface area contributed by atoms with E-state index in [2.05, 4.69) is 4.98 Å². The number of carbonyl (C=O) groups excluding carboxylic acids is 2. The molecule has 0 unspecified atom stereocenters. The summed E-state index contributed by atoms with van der Waals surface area (Å²) in [4.78, 5) is 27.2. The van der Waals surface area contributed by atoms with Crippen LogP contribution in [-0.4, -0.2) is 37.2 Å². The first-order chi connectivity index (χ1) is 12.3. The monoisotopic (exact) mass is 357 g/mol. The first kappa shape index (κ1) is 19.4. The second-order valence-electron chi connectivity index (χ2n) is 5.90. The van der Waals surface area contributed by atoms with E-state index >= 15 is 0 Å². The molecule has 26 heavy (non-hydrogen) atoms. The fourth-order valence-corrected chi connectivity index (χ4v) is 2.68. The van der Waals surface area contributed by atoms with E-state index in [0.717, 1.165) is 27.9 Å². The van der Waals surface area contributed by atoms with Crippen molar-refractivity contribution < 1.29 is 23.8 Å². The van der Waals surface area contributed by atoms with Crippen molar-refractivity contribution in [1.29, 1.82) is 0 Å². The Balaban J connectivity index is 2.30. The molecule has 1 aromatic carbocycles. The molecular weight excluding hydrogens is 334 g/mol. The SMILES string of the molecule is COC(=O)c1cccc(-c2cc(C)c(OCCOC(C)=O)nc2C)c1C. The Hall–Kier alpha value is -2.89. The molecule has 0 aliphatic carbocycles. The standard InChI is InChI=1S/C20H23NO5/c1-12-11-18(14(3)21-19(12)26-10-9-25-15(4)22)16-7-6-8-17(13(16)2)20(23)24-5/h6-8,11H,9-10H2,1-5H3. The third-order valence-electron chi connectivity index (χ3n) is 4.01. The molecule has 6 nitrogen and oxygen atoms in total. The maximum Gasteiger partial charge on any atom is 0.338 e. The second kappa shape index (κ2) is 8.47. The second-order valence-corrected chi connectivity index (χ2v) is 5.90. The van der Waals surface area contributed by atoms with Crippen molar-refractivity contribution in [3.05, 3.63) is 46.6 Å². The normalized spacial score (nSPS) is 10.3. The molecule has 0 N–H and O–H groups in total. The molecule has 2 rings (SSSR count). The van der Waals surface area contributed by atoms with Crippen LogP contribution in [0.2, 0.25) is 0 Å². The van der Waals surface area contributed by atoms with Crippen molar-refractivity contribution >= 4 is 11.9 Å². The number of ether oxygens (including phenoxy) is 3. The molecule has 1 heterocycles. The van der Waals surface area contributed by atoms with Gasteiger partial charge in [-0.3, -0.25) is 4.79 Å². The highest BCUT2D eigenvalue weighted by Gasteiger charge is 2.16. The zero-order valence-electron chi connectivity index (χ0n) is 15.7. The minimum absolute atomic E-state index is 0.178. The van der Waals surface area contributed by atoms with Crippen molar-refractivity contribution in [2.75, 3.05) is 20.3 Å². The average Bonchev–Trinajstić information content (AvgIpc) is 2.60. The third-order valence-corrected chi connectivity index (χ3v) is 4.01. The van der Waals surface area contributed by atoms with Crippen LogP contribution in [0.1, 0.15) is 34.1 Å². The number of esters is 2. The van der Waals surface area contributed by atoms with Crippen molar-refractivity contribution in [1.82, 2.24) is 4.98 Å². The molecule has 0 aliphatic rings. The van der Waals surface area contributed by atoms with E-state index in [4.69, 9.17) is 14.2 Å². The summed E-state index contributed by atoms with van der Waals surface area (Å²) in [6, 6.07) is 7.50. The van der Waals surface area contributed by atoms with Gasteiger partial charge >= 0.3 is 11.9 Å². The first-order valence-electron chi connectivity index (χ1n) is 8.27. The topological polar surface area (TPSA) is 74.7 Å². The Labute approximate surface area is 153 Å². The number of aromatic nitrogens is 1. The van der Waals surface area contributed by atoms with E-state index < -0.39 is 0 Å². The van der Waals surface area contributed by atoms with Gasteiger partial charge in [-0.05, 0) is 44.0 Å². The zero-order chi connectivity index (χ0) is 19.3. The summed E-state index contributed by atoms with van der Waals surface area (Å²) >= 11 is 0. The number of hydrogen-bond donors (Lipinski definition) is 0. The van der Waals surface area contributed by atoms with Gasteiger partial charge in [0, 0.05) is 23.7 Å². The minimum Gasteiger partial charge on any atom is -0.474 e. The largest absolute Gasteiger partial charge is 0.474 e. The fourth-order valence-electron chi connectivity index (χ4n) is 2.68. The number of aryl methyl sites for hydroxylation is 2. The molecule has 138 valence electrons. The van der Waals surface area contributed by atoms with Crippen LogP contribution in [0.5, 0.6) is 5.88 Å². The summed E-state index contributed by atoms with van der Waals surface area (Å²) < 4.78 is 15.3. The number of pyridine rings is 1. The summed E-state index contributed by atoms with van der Waals surface area (Å²) in [5.41, 5.74) is 4.86. The number of nitrogens with zero attached hydrogens (tertiary/aromatic N) is 1. The lowest BCUT2D eigenvalue weighted by Gasteiger charge is -2.15. The lowest BCUT2D eigenvalue weighted by molar-refractivity contribution is -0.141. The van der Waals surface area contributed by atoms with Crippen LogP contribution in [0.15, 0.2) is 24.3 Å². The molecule has 0 fully saturated rings. The summed E-state index contributed by atoms with van der Waals surface area (Å²) in [6.45, 7) is 7.45. The van der Waals surface area contributed by atoms with E-state index in [1.165, 1.54) is 14.0 Å². The maximum absolute atomic E-state index is 11.9. The van der Waals surface area contributed by atoms with Gasteiger partial charge in [-0.15, -0.1) is 0 Å². The number of methoxy groups -OCH3 is 1. The first-order valence-corrected chi connectivity index (χ1v) is 8.27. The minimum atomic E-state index is -0.364. The van der Waals surface area contributed by atoms with Gasteiger partial charge < -0.3 is 14.2 Å². The van der Waals surface area contributed by atoms with Crippen LogP contribution in [0.4, 0.5) is 0 Å². The lowest BCUT2D eigenvalue weighted by Crippen LogP contribution is -2.11. The summed E-state index contributed by atoms with van der Waals surface area (Å²) in [6.07, 6.45) is 0. The smallest absolute Gasteiger partial charge is 0.338 e. The van der Waals surface area contributed by atoms with Crippen molar-refractivity contribution in [3.8, 4) is 17.0 Å². The Morgan fingerprint density at radius 1 is 1.08 bits per heavy atom. The van der Waals surface area contributed by atoms with Crippen LogP contribution in [0.3, 0.4) is 0 Å². The van der Waals surface area contributed by atoms with Gasteiger partial charge in [0.1, 0.15) is 13.2 Å². The zero-order valence-corrected chi connectivity index (χ0v) is 15.7. The maximum atomic E-state index is 11.9. The Bertz CT molecular complexity index is 829. The van der Waals surface area contributed by atoms with Gasteiger partial charge in [-0.2, -0.15) is 0 Å². The number of benzene rings is 1. The van der Waals surface area contributed by atoms with Gasteiger partial charge in [0.05, 0.1) is 12.7 Å². The Kier molecular flexibility index (Phi) is 6.33. The van der Waals surface area contributed by atoms with Crippen LogP contribution in [-0.2, 0) is 14.3 Å².